The number of aryl methyl sites for hydroxylation is 1. The summed E-state index contributed by atoms with van der Waals surface area (Å²) >= 11 is 1.34. The predicted octanol–water partition coefficient (Wildman–Crippen LogP) is 4.30. The lowest BCUT2D eigenvalue weighted by Crippen LogP contribution is -2.33. The van der Waals surface area contributed by atoms with Gasteiger partial charge in [-0.1, -0.05) is 18.2 Å². The Morgan fingerprint density at radius 3 is 2.32 bits per heavy atom. The molecule has 0 unspecified atom stereocenters. The molecule has 0 fully saturated rings. The summed E-state index contributed by atoms with van der Waals surface area (Å²) in [6.07, 6.45) is -4.65. The number of halogens is 3. The van der Waals surface area contributed by atoms with Crippen molar-refractivity contribution in [3.63, 3.8) is 0 Å². The number of carbonyl (C=O) groups excluding carboxylic acids is 1. The van der Waals surface area contributed by atoms with Crippen molar-refractivity contribution in [2.24, 2.45) is 0 Å². The number of fused-ring (bicyclic) bond motifs is 1. The highest BCUT2D eigenvalue weighted by Crippen LogP contribution is 2.31. The lowest BCUT2D eigenvalue weighted by molar-refractivity contribution is -0.121. The third-order valence-corrected chi connectivity index (χ3v) is 6.62. The third kappa shape index (κ3) is 4.51. The van der Waals surface area contributed by atoms with Crippen molar-refractivity contribution in [1.29, 1.82) is 0 Å². The summed E-state index contributed by atoms with van der Waals surface area (Å²) in [6, 6.07) is 12.5. The molecule has 0 aliphatic rings. The quantitative estimate of drug-likeness (QED) is 0.636. The summed E-state index contributed by atoms with van der Waals surface area (Å²) < 4.78 is 62.8. The summed E-state index contributed by atoms with van der Waals surface area (Å²) in [5, 5.41) is 3.65. The minimum Gasteiger partial charge on any atom is -0.321 e. The zero-order valence-electron chi connectivity index (χ0n) is 14.5. The van der Waals surface area contributed by atoms with E-state index < -0.39 is 22.7 Å². The molecular weight excluding hydrogens is 413 g/mol. The van der Waals surface area contributed by atoms with Gasteiger partial charge in [-0.3, -0.25) is 4.79 Å². The van der Waals surface area contributed by atoms with Crippen LogP contribution in [0.5, 0.6) is 0 Å². The smallest absolute Gasteiger partial charge is 0.321 e. The Kier molecular flexibility index (Phi) is 5.46. The topological polar surface area (TPSA) is 75.3 Å². The number of anilines is 1. The van der Waals surface area contributed by atoms with Crippen LogP contribution in [0.25, 0.3) is 10.1 Å². The standard InChI is InChI=1S/C18H15F3N2O3S2/c1-11-14-4-2-3-5-15(14)27-16(11)17(24)23-12-6-8-13(9-7-12)28(25,26)22-10-18(19,20)21/h2-9,22H,10H2,1H3,(H,23,24). The van der Waals surface area contributed by atoms with Crippen LogP contribution in [0.15, 0.2) is 53.4 Å². The van der Waals surface area contributed by atoms with E-state index in [0.717, 1.165) is 27.8 Å². The van der Waals surface area contributed by atoms with Gasteiger partial charge in [0.25, 0.3) is 5.91 Å². The first-order valence-electron chi connectivity index (χ1n) is 8.03. The van der Waals surface area contributed by atoms with E-state index in [1.807, 2.05) is 31.2 Å². The summed E-state index contributed by atoms with van der Waals surface area (Å²) in [7, 11) is -4.30. The van der Waals surface area contributed by atoms with Gasteiger partial charge < -0.3 is 5.32 Å². The molecule has 0 bridgehead atoms. The first-order valence-corrected chi connectivity index (χ1v) is 10.3. The first kappa shape index (κ1) is 20.3. The predicted molar refractivity (Wildman–Crippen MR) is 102 cm³/mol. The Morgan fingerprint density at radius 1 is 1.07 bits per heavy atom. The van der Waals surface area contributed by atoms with Gasteiger partial charge in [-0.05, 0) is 48.2 Å². The fourth-order valence-corrected chi connectivity index (χ4v) is 4.68. The molecule has 28 heavy (non-hydrogen) atoms. The largest absolute Gasteiger partial charge is 0.402 e. The lowest BCUT2D eigenvalue weighted by Gasteiger charge is -2.10. The number of carbonyl (C=O) groups is 1. The molecule has 0 atom stereocenters. The molecule has 0 radical (unpaired) electrons. The van der Waals surface area contributed by atoms with Crippen molar-refractivity contribution in [3.05, 3.63) is 59.0 Å². The van der Waals surface area contributed by atoms with Crippen LogP contribution in [0.3, 0.4) is 0 Å². The fraction of sp³-hybridized carbons (Fsp3) is 0.167. The number of nitrogens with one attached hydrogen (secondary N) is 2. The monoisotopic (exact) mass is 428 g/mol. The Labute approximate surface area is 163 Å². The van der Waals surface area contributed by atoms with Gasteiger partial charge in [0.15, 0.2) is 0 Å². The minimum atomic E-state index is -4.65. The van der Waals surface area contributed by atoms with Gasteiger partial charge in [0, 0.05) is 10.4 Å². The van der Waals surface area contributed by atoms with E-state index in [-0.39, 0.29) is 10.8 Å². The lowest BCUT2D eigenvalue weighted by atomic mass is 10.1. The summed E-state index contributed by atoms with van der Waals surface area (Å²) in [4.78, 5) is 12.7. The van der Waals surface area contributed by atoms with E-state index in [0.29, 0.717) is 10.6 Å². The fourth-order valence-electron chi connectivity index (χ4n) is 2.56. The highest BCUT2D eigenvalue weighted by Gasteiger charge is 2.30. The van der Waals surface area contributed by atoms with Crippen LogP contribution in [0.4, 0.5) is 18.9 Å². The molecule has 0 spiro atoms. The van der Waals surface area contributed by atoms with Gasteiger partial charge in [-0.25, -0.2) is 13.1 Å². The van der Waals surface area contributed by atoms with Crippen molar-refractivity contribution in [2.45, 2.75) is 18.0 Å². The van der Waals surface area contributed by atoms with Crippen LogP contribution in [-0.2, 0) is 10.0 Å². The van der Waals surface area contributed by atoms with Crippen molar-refractivity contribution in [3.8, 4) is 0 Å². The maximum atomic E-state index is 12.5. The SMILES string of the molecule is Cc1c(C(=O)Nc2ccc(S(=O)(=O)NCC(F)(F)F)cc2)sc2ccccc12. The molecular formula is C18H15F3N2O3S2. The number of hydrogen-bond acceptors (Lipinski definition) is 4. The van der Waals surface area contributed by atoms with Gasteiger partial charge in [0.05, 0.1) is 9.77 Å². The van der Waals surface area contributed by atoms with E-state index in [2.05, 4.69) is 5.32 Å². The van der Waals surface area contributed by atoms with Crippen LogP contribution in [-0.4, -0.2) is 27.0 Å². The number of alkyl halides is 3. The number of benzene rings is 2. The van der Waals surface area contributed by atoms with Crippen LogP contribution in [0.2, 0.25) is 0 Å². The van der Waals surface area contributed by atoms with Crippen molar-refractivity contribution in [1.82, 2.24) is 4.72 Å². The minimum absolute atomic E-state index is 0.326. The molecule has 5 nitrogen and oxygen atoms in total. The van der Waals surface area contributed by atoms with Crippen LogP contribution in [0, 0.1) is 6.92 Å². The highest BCUT2D eigenvalue weighted by atomic mass is 32.2. The molecule has 2 N–H and O–H groups in total. The third-order valence-electron chi connectivity index (χ3n) is 3.94. The number of amides is 1. The average molecular weight is 428 g/mol. The average Bonchev–Trinajstić information content (AvgIpc) is 2.97. The second-order valence-electron chi connectivity index (χ2n) is 5.97. The molecule has 3 rings (SSSR count). The Morgan fingerprint density at radius 2 is 1.71 bits per heavy atom. The Hall–Kier alpha value is -2.43. The van der Waals surface area contributed by atoms with Crippen molar-refractivity contribution in [2.75, 3.05) is 11.9 Å². The number of hydrogen-bond donors (Lipinski definition) is 2. The molecule has 10 heteroatoms. The molecule has 1 amide bonds. The van der Waals surface area contributed by atoms with Gasteiger partial charge in [0.2, 0.25) is 10.0 Å². The number of thiophene rings is 1. The van der Waals surface area contributed by atoms with Gasteiger partial charge in [-0.2, -0.15) is 13.2 Å². The number of sulfonamides is 1. The van der Waals surface area contributed by atoms with E-state index in [1.165, 1.54) is 28.2 Å². The van der Waals surface area contributed by atoms with Crippen molar-refractivity contribution < 1.29 is 26.4 Å². The van der Waals surface area contributed by atoms with Crippen LogP contribution < -0.4 is 10.0 Å². The highest BCUT2D eigenvalue weighted by molar-refractivity contribution is 7.89. The maximum absolute atomic E-state index is 12.5. The molecule has 0 aliphatic carbocycles. The van der Waals surface area contributed by atoms with Gasteiger partial charge >= 0.3 is 6.18 Å². The molecule has 1 aromatic heterocycles. The zero-order valence-corrected chi connectivity index (χ0v) is 16.1. The van der Waals surface area contributed by atoms with E-state index in [9.17, 15) is 26.4 Å². The zero-order chi connectivity index (χ0) is 20.5. The van der Waals surface area contributed by atoms with Crippen molar-refractivity contribution >= 4 is 43.0 Å². The van der Waals surface area contributed by atoms with Gasteiger partial charge in [0.1, 0.15) is 6.54 Å². The van der Waals surface area contributed by atoms with Crippen LogP contribution >= 0.6 is 11.3 Å². The van der Waals surface area contributed by atoms with E-state index >= 15 is 0 Å². The summed E-state index contributed by atoms with van der Waals surface area (Å²) in [5.41, 5.74) is 1.17. The summed E-state index contributed by atoms with van der Waals surface area (Å²) in [6.45, 7) is 0.189. The molecule has 0 saturated heterocycles. The second kappa shape index (κ2) is 7.53. The number of rotatable bonds is 5. The van der Waals surface area contributed by atoms with E-state index in [4.69, 9.17) is 0 Å². The molecule has 148 valence electrons. The second-order valence-corrected chi connectivity index (χ2v) is 8.79. The molecule has 2 aromatic carbocycles. The molecule has 1 heterocycles. The Balaban J connectivity index is 1.75. The van der Waals surface area contributed by atoms with Gasteiger partial charge in [-0.15, -0.1) is 11.3 Å². The summed E-state index contributed by atoms with van der Waals surface area (Å²) in [5.74, 6) is -0.343. The normalized spacial score (nSPS) is 12.3. The first-order chi connectivity index (χ1) is 13.1. The molecule has 0 saturated carbocycles. The maximum Gasteiger partial charge on any atom is 0.402 e. The Bertz CT molecular complexity index is 1120. The molecule has 0 aliphatic heterocycles. The van der Waals surface area contributed by atoms with E-state index in [1.54, 1.807) is 0 Å². The molecule has 3 aromatic rings. The van der Waals surface area contributed by atoms with Crippen LogP contribution in [0.1, 0.15) is 15.2 Å².